The van der Waals surface area contributed by atoms with Gasteiger partial charge in [0.15, 0.2) is 0 Å². The third kappa shape index (κ3) is 3.43. The van der Waals surface area contributed by atoms with Crippen LogP contribution in [0.25, 0.3) is 0 Å². The Balaban J connectivity index is 1.98. The average Bonchev–Trinajstić information content (AvgIpc) is 2.85. The monoisotopic (exact) mass is 275 g/mol. The van der Waals surface area contributed by atoms with Crippen LogP contribution in [0.5, 0.6) is 0 Å². The van der Waals surface area contributed by atoms with E-state index in [0.717, 1.165) is 4.88 Å². The fourth-order valence-electron chi connectivity index (χ4n) is 2.02. The number of carbonyl (C=O) groups is 1. The molecule has 100 valence electrons. The van der Waals surface area contributed by atoms with Gasteiger partial charge in [-0.2, -0.15) is 0 Å². The molecular formula is C15H17NO2S. The highest BCUT2D eigenvalue weighted by molar-refractivity contribution is 7.13. The van der Waals surface area contributed by atoms with Gasteiger partial charge in [-0.15, -0.1) is 11.3 Å². The summed E-state index contributed by atoms with van der Waals surface area (Å²) in [5, 5.41) is 12.3. The van der Waals surface area contributed by atoms with Gasteiger partial charge in [0.05, 0.1) is 0 Å². The second kappa shape index (κ2) is 5.99. The summed E-state index contributed by atoms with van der Waals surface area (Å²) in [7, 11) is 0. The van der Waals surface area contributed by atoms with Crippen molar-refractivity contribution >= 4 is 17.3 Å². The quantitative estimate of drug-likeness (QED) is 0.876. The predicted octanol–water partition coefficient (Wildman–Crippen LogP) is 3.61. The first kappa shape index (κ1) is 13.8. The summed E-state index contributed by atoms with van der Waals surface area (Å²) >= 11 is 1.32. The smallest absolute Gasteiger partial charge is 0.345 e. The van der Waals surface area contributed by atoms with Crippen molar-refractivity contribution in [2.24, 2.45) is 0 Å². The van der Waals surface area contributed by atoms with Crippen molar-refractivity contribution in [3.63, 3.8) is 0 Å². The van der Waals surface area contributed by atoms with E-state index in [1.807, 2.05) is 18.2 Å². The molecule has 0 aliphatic rings. The van der Waals surface area contributed by atoms with Crippen molar-refractivity contribution in [2.75, 3.05) is 0 Å². The van der Waals surface area contributed by atoms with Crippen molar-refractivity contribution < 1.29 is 9.90 Å². The molecule has 0 saturated heterocycles. The molecule has 1 atom stereocenters. The minimum atomic E-state index is -0.858. The zero-order chi connectivity index (χ0) is 13.8. The standard InChI is InChI=1S/C15H17NO2S/c1-10-5-3-4-6-13(10)11(2)16-9-12-7-8-14(19-12)15(17)18/h3-8,11,16H,9H2,1-2H3,(H,17,18)/t11-/m1/s1. The van der Waals surface area contributed by atoms with Crippen LogP contribution in [-0.2, 0) is 6.54 Å². The fourth-order valence-corrected chi connectivity index (χ4v) is 2.82. The predicted molar refractivity (Wildman–Crippen MR) is 77.7 cm³/mol. The lowest BCUT2D eigenvalue weighted by Gasteiger charge is -2.15. The normalized spacial score (nSPS) is 12.3. The zero-order valence-electron chi connectivity index (χ0n) is 11.0. The van der Waals surface area contributed by atoms with Gasteiger partial charge < -0.3 is 10.4 Å². The maximum absolute atomic E-state index is 10.8. The number of rotatable bonds is 5. The molecule has 1 heterocycles. The summed E-state index contributed by atoms with van der Waals surface area (Å²) in [5.74, 6) is -0.858. The fraction of sp³-hybridized carbons (Fsp3) is 0.267. The van der Waals surface area contributed by atoms with Gasteiger partial charge in [0.1, 0.15) is 4.88 Å². The Morgan fingerprint density at radius 3 is 2.68 bits per heavy atom. The molecule has 3 nitrogen and oxygen atoms in total. The van der Waals surface area contributed by atoms with Gasteiger partial charge in [-0.05, 0) is 37.1 Å². The van der Waals surface area contributed by atoms with Crippen LogP contribution in [0.1, 0.15) is 38.6 Å². The van der Waals surface area contributed by atoms with E-state index < -0.39 is 5.97 Å². The first-order valence-electron chi connectivity index (χ1n) is 6.19. The van der Waals surface area contributed by atoms with Gasteiger partial charge in [-0.1, -0.05) is 24.3 Å². The van der Waals surface area contributed by atoms with Crippen molar-refractivity contribution in [3.8, 4) is 0 Å². The Labute approximate surface area is 116 Å². The number of carboxylic acids is 1. The largest absolute Gasteiger partial charge is 0.477 e. The minimum Gasteiger partial charge on any atom is -0.477 e. The Morgan fingerprint density at radius 2 is 2.05 bits per heavy atom. The van der Waals surface area contributed by atoms with Crippen molar-refractivity contribution in [1.29, 1.82) is 0 Å². The molecule has 0 radical (unpaired) electrons. The minimum absolute atomic E-state index is 0.247. The summed E-state index contributed by atoms with van der Waals surface area (Å²) in [5.41, 5.74) is 2.54. The van der Waals surface area contributed by atoms with Gasteiger partial charge in [-0.3, -0.25) is 0 Å². The van der Waals surface area contributed by atoms with Crippen LogP contribution in [0.2, 0.25) is 0 Å². The Kier molecular flexibility index (Phi) is 4.35. The van der Waals surface area contributed by atoms with Gasteiger partial charge in [0.2, 0.25) is 0 Å². The number of nitrogens with one attached hydrogen (secondary N) is 1. The maximum atomic E-state index is 10.8. The molecule has 4 heteroatoms. The lowest BCUT2D eigenvalue weighted by molar-refractivity contribution is 0.0702. The molecule has 2 N–H and O–H groups in total. The Hall–Kier alpha value is -1.65. The lowest BCUT2D eigenvalue weighted by atomic mass is 10.0. The summed E-state index contributed by atoms with van der Waals surface area (Å²) in [6, 6.07) is 12.0. The van der Waals surface area contributed by atoms with Crippen LogP contribution >= 0.6 is 11.3 Å². The summed E-state index contributed by atoms with van der Waals surface area (Å²) in [4.78, 5) is 12.2. The highest BCUT2D eigenvalue weighted by atomic mass is 32.1. The Morgan fingerprint density at radius 1 is 1.32 bits per heavy atom. The van der Waals surface area contributed by atoms with Gasteiger partial charge >= 0.3 is 5.97 Å². The van der Waals surface area contributed by atoms with Crippen LogP contribution in [-0.4, -0.2) is 11.1 Å². The van der Waals surface area contributed by atoms with E-state index >= 15 is 0 Å². The van der Waals surface area contributed by atoms with Crippen LogP contribution in [0.3, 0.4) is 0 Å². The van der Waals surface area contributed by atoms with Crippen LogP contribution < -0.4 is 5.32 Å². The number of aryl methyl sites for hydroxylation is 1. The molecule has 2 aromatic rings. The van der Waals surface area contributed by atoms with Crippen molar-refractivity contribution in [3.05, 3.63) is 57.3 Å². The first-order chi connectivity index (χ1) is 9.08. The molecule has 1 aromatic heterocycles. The summed E-state index contributed by atoms with van der Waals surface area (Å²) in [6.07, 6.45) is 0. The molecule has 0 aliphatic carbocycles. The van der Waals surface area contributed by atoms with Crippen molar-refractivity contribution in [1.82, 2.24) is 5.32 Å². The second-order valence-electron chi connectivity index (χ2n) is 4.53. The molecule has 0 spiro atoms. The maximum Gasteiger partial charge on any atom is 0.345 e. The zero-order valence-corrected chi connectivity index (χ0v) is 11.8. The van der Waals surface area contributed by atoms with E-state index in [-0.39, 0.29) is 6.04 Å². The Bertz CT molecular complexity index is 577. The highest BCUT2D eigenvalue weighted by Crippen LogP contribution is 2.20. The number of hydrogen-bond acceptors (Lipinski definition) is 3. The molecule has 2 rings (SSSR count). The van der Waals surface area contributed by atoms with E-state index in [0.29, 0.717) is 11.4 Å². The molecule has 19 heavy (non-hydrogen) atoms. The molecular weight excluding hydrogens is 258 g/mol. The molecule has 0 unspecified atom stereocenters. The van der Waals surface area contributed by atoms with E-state index in [4.69, 9.17) is 5.11 Å². The molecule has 0 amide bonds. The molecule has 1 aromatic carbocycles. The number of carboxylic acid groups (broad SMARTS) is 1. The molecule has 0 fully saturated rings. The molecule has 0 saturated carbocycles. The number of aromatic carboxylic acids is 1. The van der Waals surface area contributed by atoms with Crippen LogP contribution in [0.15, 0.2) is 36.4 Å². The highest BCUT2D eigenvalue weighted by Gasteiger charge is 2.10. The van der Waals surface area contributed by atoms with E-state index in [9.17, 15) is 4.79 Å². The third-order valence-electron chi connectivity index (χ3n) is 3.11. The third-order valence-corrected chi connectivity index (χ3v) is 4.18. The van der Waals surface area contributed by atoms with E-state index in [1.165, 1.54) is 22.5 Å². The van der Waals surface area contributed by atoms with Crippen LogP contribution in [0.4, 0.5) is 0 Å². The first-order valence-corrected chi connectivity index (χ1v) is 7.00. The summed E-state index contributed by atoms with van der Waals surface area (Å²) in [6.45, 7) is 4.91. The topological polar surface area (TPSA) is 49.3 Å². The van der Waals surface area contributed by atoms with E-state index in [1.54, 1.807) is 6.07 Å². The number of thiophene rings is 1. The SMILES string of the molecule is Cc1ccccc1[C@@H](C)NCc1ccc(C(=O)O)s1. The van der Waals surface area contributed by atoms with Crippen molar-refractivity contribution in [2.45, 2.75) is 26.4 Å². The average molecular weight is 275 g/mol. The van der Waals surface area contributed by atoms with Crippen LogP contribution in [0, 0.1) is 6.92 Å². The summed E-state index contributed by atoms with van der Waals surface area (Å²) < 4.78 is 0. The number of benzene rings is 1. The number of hydrogen-bond donors (Lipinski definition) is 2. The van der Waals surface area contributed by atoms with Gasteiger partial charge in [0, 0.05) is 17.5 Å². The van der Waals surface area contributed by atoms with E-state index in [2.05, 4.69) is 31.3 Å². The van der Waals surface area contributed by atoms with Gasteiger partial charge in [-0.25, -0.2) is 4.79 Å². The second-order valence-corrected chi connectivity index (χ2v) is 5.70. The lowest BCUT2D eigenvalue weighted by Crippen LogP contribution is -2.18. The molecule has 0 bridgehead atoms. The molecule has 0 aliphatic heterocycles. The van der Waals surface area contributed by atoms with Gasteiger partial charge in [0.25, 0.3) is 0 Å².